The van der Waals surface area contributed by atoms with Gasteiger partial charge in [0, 0.05) is 38.5 Å². The summed E-state index contributed by atoms with van der Waals surface area (Å²) in [5.41, 5.74) is 2.32. The highest BCUT2D eigenvalue weighted by atomic mass is 32.2. The third-order valence-electron chi connectivity index (χ3n) is 6.78. The topological polar surface area (TPSA) is 135 Å². The number of carbonyl (C=O) groups excluding carboxylic acids is 2. The molecule has 0 aliphatic carbocycles. The summed E-state index contributed by atoms with van der Waals surface area (Å²) in [6.07, 6.45) is 0.498. The van der Waals surface area contributed by atoms with Crippen LogP contribution >= 0.6 is 0 Å². The molecule has 2 aliphatic heterocycles. The molecule has 2 heterocycles. The highest BCUT2D eigenvalue weighted by Crippen LogP contribution is 2.35. The second kappa shape index (κ2) is 11.4. The maximum absolute atomic E-state index is 13.3. The smallest absolute Gasteiger partial charge is 0.324 e. The number of sulfone groups is 1. The number of carbonyl (C=O) groups is 2. The summed E-state index contributed by atoms with van der Waals surface area (Å²) in [5, 5.41) is 9.16. The number of urea groups is 1. The summed E-state index contributed by atoms with van der Waals surface area (Å²) >= 11 is 0. The van der Waals surface area contributed by atoms with E-state index in [1.165, 1.54) is 29.7 Å². The molecule has 37 heavy (non-hydrogen) atoms. The third-order valence-corrected chi connectivity index (χ3v) is 9.30. The number of nitrogens with one attached hydrogen (secondary N) is 1. The average Bonchev–Trinajstić information content (AvgIpc) is 3.31. The van der Waals surface area contributed by atoms with E-state index < -0.39 is 20.5 Å². The number of hydrogen-bond acceptors (Lipinski definition) is 8. The standard InChI is InChI=1S/C25H31N3O8S/c1-34-20-5-3-19(4-6-20)28-15-14-27(24(28)30)13-2-16-36-21-7-9-22(10-8-21)37(32,33)25(23(29)26-31)11-17-35-18-12-25/h3-10,31H,2,11-18H2,1H3,(H,26,29). The van der Waals surface area contributed by atoms with Crippen LogP contribution in [0.25, 0.3) is 0 Å². The van der Waals surface area contributed by atoms with Crippen molar-refractivity contribution in [3.63, 3.8) is 0 Å². The first kappa shape index (κ1) is 26.7. The molecular weight excluding hydrogens is 502 g/mol. The molecule has 2 fully saturated rings. The van der Waals surface area contributed by atoms with Crippen LogP contribution in [0.3, 0.4) is 0 Å². The molecule has 2 aliphatic rings. The Hall–Kier alpha value is -3.35. The minimum absolute atomic E-state index is 0.0355. The second-order valence-corrected chi connectivity index (χ2v) is 11.1. The van der Waals surface area contributed by atoms with Crippen LogP contribution in [0.15, 0.2) is 53.4 Å². The Morgan fingerprint density at radius 2 is 1.70 bits per heavy atom. The van der Waals surface area contributed by atoms with E-state index in [-0.39, 0.29) is 37.0 Å². The predicted molar refractivity (Wildman–Crippen MR) is 134 cm³/mol. The van der Waals surface area contributed by atoms with Crippen molar-refractivity contribution in [2.75, 3.05) is 51.5 Å². The van der Waals surface area contributed by atoms with Gasteiger partial charge >= 0.3 is 6.03 Å². The average molecular weight is 534 g/mol. The van der Waals surface area contributed by atoms with Crippen molar-refractivity contribution in [2.24, 2.45) is 0 Å². The molecular formula is C25H31N3O8S. The minimum Gasteiger partial charge on any atom is -0.497 e. The molecule has 200 valence electrons. The van der Waals surface area contributed by atoms with Crippen LogP contribution in [0.5, 0.6) is 11.5 Å². The van der Waals surface area contributed by atoms with Gasteiger partial charge in [-0.3, -0.25) is 14.9 Å². The van der Waals surface area contributed by atoms with Crippen molar-refractivity contribution in [2.45, 2.75) is 28.9 Å². The lowest BCUT2D eigenvalue weighted by atomic mass is 9.98. The number of benzene rings is 2. The van der Waals surface area contributed by atoms with Gasteiger partial charge in [-0.1, -0.05) is 0 Å². The summed E-state index contributed by atoms with van der Waals surface area (Å²) in [6, 6.07) is 13.1. The molecule has 0 aromatic heterocycles. The molecule has 0 radical (unpaired) electrons. The van der Waals surface area contributed by atoms with E-state index >= 15 is 0 Å². The maximum Gasteiger partial charge on any atom is 0.324 e. The summed E-state index contributed by atoms with van der Waals surface area (Å²) in [6.45, 7) is 2.29. The van der Waals surface area contributed by atoms with Crippen LogP contribution in [0.2, 0.25) is 0 Å². The fourth-order valence-electron chi connectivity index (χ4n) is 4.60. The lowest BCUT2D eigenvalue weighted by Gasteiger charge is -2.34. The second-order valence-electron chi connectivity index (χ2n) is 8.84. The van der Waals surface area contributed by atoms with E-state index in [2.05, 4.69) is 0 Å². The molecule has 0 atom stereocenters. The first-order chi connectivity index (χ1) is 17.8. The molecule has 0 bridgehead atoms. The van der Waals surface area contributed by atoms with Gasteiger partial charge in [-0.05, 0) is 67.8 Å². The predicted octanol–water partition coefficient (Wildman–Crippen LogP) is 2.23. The summed E-state index contributed by atoms with van der Waals surface area (Å²) < 4.78 is 41.0. The molecule has 2 aromatic rings. The molecule has 0 saturated carbocycles. The molecule has 3 amide bonds. The lowest BCUT2D eigenvalue weighted by molar-refractivity contribution is -0.134. The Kier molecular flexibility index (Phi) is 8.20. The van der Waals surface area contributed by atoms with E-state index in [1.54, 1.807) is 16.9 Å². The van der Waals surface area contributed by atoms with E-state index in [1.807, 2.05) is 24.3 Å². The molecule has 4 rings (SSSR count). The van der Waals surface area contributed by atoms with Crippen molar-refractivity contribution < 1.29 is 37.4 Å². The van der Waals surface area contributed by atoms with Crippen molar-refractivity contribution in [1.82, 2.24) is 10.4 Å². The Bertz CT molecular complexity index is 1200. The molecule has 0 unspecified atom stereocenters. The number of nitrogens with zero attached hydrogens (tertiary/aromatic N) is 2. The summed E-state index contributed by atoms with van der Waals surface area (Å²) in [5.74, 6) is 0.242. The number of rotatable bonds is 10. The number of anilines is 1. The third kappa shape index (κ3) is 5.36. The van der Waals surface area contributed by atoms with Gasteiger partial charge in [0.15, 0.2) is 14.6 Å². The number of ether oxygens (including phenoxy) is 3. The van der Waals surface area contributed by atoms with Gasteiger partial charge < -0.3 is 19.1 Å². The molecule has 0 spiro atoms. The zero-order valence-corrected chi connectivity index (χ0v) is 21.4. The van der Waals surface area contributed by atoms with Gasteiger partial charge in [0.2, 0.25) is 0 Å². The number of methoxy groups -OCH3 is 1. The van der Waals surface area contributed by atoms with Crippen molar-refractivity contribution in [1.29, 1.82) is 0 Å². The van der Waals surface area contributed by atoms with Gasteiger partial charge in [0.25, 0.3) is 5.91 Å². The van der Waals surface area contributed by atoms with Crippen LogP contribution in [0.1, 0.15) is 19.3 Å². The fourth-order valence-corrected chi connectivity index (χ4v) is 6.54. The summed E-state index contributed by atoms with van der Waals surface area (Å²) in [7, 11) is -2.49. The normalized spacial score (nSPS) is 17.5. The Labute approximate surface area is 215 Å². The van der Waals surface area contributed by atoms with Crippen LogP contribution in [-0.2, 0) is 19.4 Å². The van der Waals surface area contributed by atoms with Crippen molar-refractivity contribution >= 4 is 27.5 Å². The number of amides is 3. The first-order valence-electron chi connectivity index (χ1n) is 12.0. The SMILES string of the molecule is COc1ccc(N2CCN(CCCOc3ccc(S(=O)(=O)C4(C(=O)NO)CCOCC4)cc3)C2=O)cc1. The molecule has 2 saturated heterocycles. The van der Waals surface area contributed by atoms with Crippen LogP contribution < -0.4 is 19.9 Å². The van der Waals surface area contributed by atoms with Crippen LogP contribution in [0, 0.1) is 0 Å². The molecule has 2 aromatic carbocycles. The van der Waals surface area contributed by atoms with E-state index in [9.17, 15) is 18.0 Å². The van der Waals surface area contributed by atoms with E-state index in [0.29, 0.717) is 38.4 Å². The number of hydroxylamine groups is 1. The van der Waals surface area contributed by atoms with Gasteiger partial charge in [-0.2, -0.15) is 0 Å². The van der Waals surface area contributed by atoms with Gasteiger partial charge in [-0.15, -0.1) is 0 Å². The molecule has 2 N–H and O–H groups in total. The fraction of sp³-hybridized carbons (Fsp3) is 0.440. The van der Waals surface area contributed by atoms with Crippen molar-refractivity contribution in [3.05, 3.63) is 48.5 Å². The van der Waals surface area contributed by atoms with Crippen LogP contribution in [-0.4, -0.2) is 81.8 Å². The lowest BCUT2D eigenvalue weighted by Crippen LogP contribution is -2.54. The van der Waals surface area contributed by atoms with Gasteiger partial charge in [0.05, 0.1) is 18.6 Å². The minimum atomic E-state index is -4.09. The van der Waals surface area contributed by atoms with E-state index in [4.69, 9.17) is 19.4 Å². The Morgan fingerprint density at radius 1 is 1.05 bits per heavy atom. The van der Waals surface area contributed by atoms with Gasteiger partial charge in [0.1, 0.15) is 11.5 Å². The Morgan fingerprint density at radius 3 is 2.32 bits per heavy atom. The molecule has 12 heteroatoms. The number of hydrogen-bond donors (Lipinski definition) is 2. The monoisotopic (exact) mass is 533 g/mol. The Balaban J connectivity index is 1.30. The quantitative estimate of drug-likeness (QED) is 0.270. The summed E-state index contributed by atoms with van der Waals surface area (Å²) in [4.78, 5) is 28.6. The first-order valence-corrected chi connectivity index (χ1v) is 13.5. The van der Waals surface area contributed by atoms with Crippen LogP contribution in [0.4, 0.5) is 10.5 Å². The highest BCUT2D eigenvalue weighted by molar-refractivity contribution is 7.93. The van der Waals surface area contributed by atoms with E-state index in [0.717, 1.165) is 11.4 Å². The zero-order chi connectivity index (χ0) is 26.5. The van der Waals surface area contributed by atoms with Gasteiger partial charge in [-0.25, -0.2) is 18.7 Å². The zero-order valence-electron chi connectivity index (χ0n) is 20.6. The molecule has 11 nitrogen and oxygen atoms in total. The highest BCUT2D eigenvalue weighted by Gasteiger charge is 2.52. The largest absolute Gasteiger partial charge is 0.497 e. The maximum atomic E-state index is 13.3. The van der Waals surface area contributed by atoms with Crippen molar-refractivity contribution in [3.8, 4) is 11.5 Å².